The van der Waals surface area contributed by atoms with E-state index in [0.29, 0.717) is 24.5 Å². The Labute approximate surface area is 185 Å². The van der Waals surface area contributed by atoms with Crippen LogP contribution in [0.2, 0.25) is 0 Å². The molecule has 0 fully saturated rings. The van der Waals surface area contributed by atoms with Crippen LogP contribution in [-0.4, -0.2) is 42.5 Å². The zero-order valence-electron chi connectivity index (χ0n) is 19.2. The fourth-order valence-electron chi connectivity index (χ4n) is 3.21. The average molecular weight is 427 g/mol. The summed E-state index contributed by atoms with van der Waals surface area (Å²) in [6, 6.07) is 14.6. The molecule has 1 N–H and O–H groups in total. The highest BCUT2D eigenvalue weighted by Gasteiger charge is 2.29. The fourth-order valence-corrected chi connectivity index (χ4v) is 3.21. The molecule has 0 bridgehead atoms. The lowest BCUT2D eigenvalue weighted by atomic mass is 10.1. The van der Waals surface area contributed by atoms with Crippen molar-refractivity contribution in [2.24, 2.45) is 0 Å². The Kier molecular flexibility index (Phi) is 9.38. The number of methoxy groups -OCH3 is 1. The van der Waals surface area contributed by atoms with Gasteiger partial charge in [0.25, 0.3) is 5.91 Å². The van der Waals surface area contributed by atoms with Gasteiger partial charge >= 0.3 is 0 Å². The smallest absolute Gasteiger partial charge is 0.261 e. The minimum atomic E-state index is -0.580. The van der Waals surface area contributed by atoms with E-state index in [1.54, 1.807) is 24.1 Å². The lowest BCUT2D eigenvalue weighted by Crippen LogP contribution is -2.51. The summed E-state index contributed by atoms with van der Waals surface area (Å²) in [4.78, 5) is 27.8. The maximum atomic E-state index is 13.2. The number of carbonyl (C=O) groups is 2. The normalized spacial score (nSPS) is 12.5. The van der Waals surface area contributed by atoms with Gasteiger partial charge in [-0.25, -0.2) is 0 Å². The Hall–Kier alpha value is -3.02. The molecule has 2 amide bonds. The highest BCUT2D eigenvalue weighted by Crippen LogP contribution is 2.26. The molecule has 2 atom stereocenters. The van der Waals surface area contributed by atoms with Crippen LogP contribution >= 0.6 is 0 Å². The summed E-state index contributed by atoms with van der Waals surface area (Å²) in [5.41, 5.74) is 2.11. The van der Waals surface area contributed by atoms with Crippen molar-refractivity contribution in [1.29, 1.82) is 0 Å². The van der Waals surface area contributed by atoms with Crippen LogP contribution in [0, 0.1) is 6.92 Å². The van der Waals surface area contributed by atoms with Gasteiger partial charge in [-0.1, -0.05) is 55.8 Å². The van der Waals surface area contributed by atoms with Gasteiger partial charge in [-0.15, -0.1) is 0 Å². The van der Waals surface area contributed by atoms with Gasteiger partial charge in [-0.3, -0.25) is 9.59 Å². The van der Waals surface area contributed by atoms with E-state index < -0.39 is 6.04 Å². The van der Waals surface area contributed by atoms with Crippen LogP contribution < -0.4 is 14.8 Å². The van der Waals surface area contributed by atoms with Crippen LogP contribution in [0.3, 0.4) is 0 Å². The number of benzene rings is 2. The molecule has 0 unspecified atom stereocenters. The van der Waals surface area contributed by atoms with Crippen LogP contribution in [0.25, 0.3) is 0 Å². The first-order chi connectivity index (χ1) is 14.9. The standard InChI is InChI=1S/C25H34N2O4/c1-6-19(4)26-25(29)21(7-2)27(16-20-14-12-18(3)13-15-20)24(28)17-31-23-11-9-8-10-22(23)30-5/h8-15,19,21H,6-7,16-17H2,1-5H3,(H,26,29)/t19-,21-/m1/s1. The number of amides is 2. The second-order valence-electron chi connectivity index (χ2n) is 7.69. The summed E-state index contributed by atoms with van der Waals surface area (Å²) in [6.07, 6.45) is 1.33. The van der Waals surface area contributed by atoms with Crippen LogP contribution in [0.15, 0.2) is 48.5 Å². The van der Waals surface area contributed by atoms with Crippen LogP contribution in [0.4, 0.5) is 0 Å². The lowest BCUT2D eigenvalue weighted by Gasteiger charge is -2.31. The van der Waals surface area contributed by atoms with Gasteiger partial charge in [-0.05, 0) is 44.4 Å². The van der Waals surface area contributed by atoms with E-state index in [4.69, 9.17) is 9.47 Å². The molecule has 2 rings (SSSR count). The third-order valence-electron chi connectivity index (χ3n) is 5.28. The number of rotatable bonds is 11. The molecule has 6 nitrogen and oxygen atoms in total. The first-order valence-electron chi connectivity index (χ1n) is 10.8. The quantitative estimate of drug-likeness (QED) is 0.587. The predicted octanol–water partition coefficient (Wildman–Crippen LogP) is 4.10. The molecule has 2 aromatic carbocycles. The third kappa shape index (κ3) is 7.02. The van der Waals surface area contributed by atoms with Gasteiger partial charge in [0.05, 0.1) is 7.11 Å². The maximum Gasteiger partial charge on any atom is 0.261 e. The predicted molar refractivity (Wildman–Crippen MR) is 122 cm³/mol. The molecule has 31 heavy (non-hydrogen) atoms. The molecule has 0 saturated carbocycles. The van der Waals surface area contributed by atoms with E-state index in [1.165, 1.54) is 0 Å². The third-order valence-corrected chi connectivity index (χ3v) is 5.28. The van der Waals surface area contributed by atoms with Gasteiger partial charge in [0, 0.05) is 12.6 Å². The van der Waals surface area contributed by atoms with Crippen molar-refractivity contribution in [3.05, 3.63) is 59.7 Å². The minimum absolute atomic E-state index is 0.0442. The van der Waals surface area contributed by atoms with Crippen molar-refractivity contribution < 1.29 is 19.1 Å². The minimum Gasteiger partial charge on any atom is -0.493 e. The highest BCUT2D eigenvalue weighted by atomic mass is 16.5. The topological polar surface area (TPSA) is 67.9 Å². The molecule has 0 aliphatic heterocycles. The highest BCUT2D eigenvalue weighted by molar-refractivity contribution is 5.88. The van der Waals surface area contributed by atoms with Crippen molar-refractivity contribution in [3.8, 4) is 11.5 Å². The molecule has 0 saturated heterocycles. The van der Waals surface area contributed by atoms with Crippen molar-refractivity contribution in [3.63, 3.8) is 0 Å². The van der Waals surface area contributed by atoms with Gasteiger partial charge < -0.3 is 19.7 Å². The van der Waals surface area contributed by atoms with Gasteiger partial charge in [0.2, 0.25) is 5.91 Å². The average Bonchev–Trinajstić information content (AvgIpc) is 2.78. The Bertz CT molecular complexity index is 851. The molecule has 0 aliphatic carbocycles. The number of hydrogen-bond acceptors (Lipinski definition) is 4. The van der Waals surface area contributed by atoms with E-state index in [1.807, 2.05) is 64.1 Å². The van der Waals surface area contributed by atoms with Gasteiger partial charge in [0.1, 0.15) is 6.04 Å². The molecule has 2 aromatic rings. The number of aryl methyl sites for hydroxylation is 1. The van der Waals surface area contributed by atoms with Gasteiger partial charge in [-0.2, -0.15) is 0 Å². The summed E-state index contributed by atoms with van der Waals surface area (Å²) in [6.45, 7) is 8.06. The van der Waals surface area contributed by atoms with Crippen LogP contribution in [-0.2, 0) is 16.1 Å². The van der Waals surface area contributed by atoms with E-state index in [0.717, 1.165) is 17.5 Å². The molecule has 0 spiro atoms. The first-order valence-corrected chi connectivity index (χ1v) is 10.8. The molecule has 168 valence electrons. The lowest BCUT2D eigenvalue weighted by molar-refractivity contribution is -0.143. The summed E-state index contributed by atoms with van der Waals surface area (Å²) < 4.78 is 11.1. The molecule has 0 aromatic heterocycles. The zero-order valence-corrected chi connectivity index (χ0v) is 19.2. The van der Waals surface area contributed by atoms with Gasteiger partial charge in [0.15, 0.2) is 18.1 Å². The largest absolute Gasteiger partial charge is 0.493 e. The molecule has 0 aliphatic rings. The number of para-hydroxylation sites is 2. The van der Waals surface area contributed by atoms with E-state index >= 15 is 0 Å². The number of carbonyl (C=O) groups excluding carboxylic acids is 2. The number of hydrogen-bond donors (Lipinski definition) is 1. The van der Waals surface area contributed by atoms with Crippen LogP contribution in [0.5, 0.6) is 11.5 Å². The summed E-state index contributed by atoms with van der Waals surface area (Å²) in [5.74, 6) is 0.653. The Balaban J connectivity index is 2.23. The number of ether oxygens (including phenoxy) is 2. The molecule has 6 heteroatoms. The second-order valence-corrected chi connectivity index (χ2v) is 7.69. The monoisotopic (exact) mass is 426 g/mol. The van der Waals surface area contributed by atoms with Crippen molar-refractivity contribution in [2.45, 2.75) is 59.2 Å². The van der Waals surface area contributed by atoms with Crippen molar-refractivity contribution in [1.82, 2.24) is 10.2 Å². The van der Waals surface area contributed by atoms with Crippen molar-refractivity contribution in [2.75, 3.05) is 13.7 Å². The summed E-state index contributed by atoms with van der Waals surface area (Å²) in [7, 11) is 1.56. The number of nitrogens with one attached hydrogen (secondary N) is 1. The zero-order chi connectivity index (χ0) is 22.8. The Morgan fingerprint density at radius 1 is 1.00 bits per heavy atom. The fraction of sp³-hybridized carbons (Fsp3) is 0.440. The molecular formula is C25H34N2O4. The SMILES string of the molecule is CC[C@@H](C)NC(=O)[C@@H](CC)N(Cc1ccc(C)cc1)C(=O)COc1ccccc1OC. The summed E-state index contributed by atoms with van der Waals surface area (Å²) in [5, 5.41) is 3.01. The molecule has 0 radical (unpaired) electrons. The van der Waals surface area contributed by atoms with Crippen LogP contribution in [0.1, 0.15) is 44.7 Å². The number of nitrogens with zero attached hydrogens (tertiary/aromatic N) is 1. The molecular weight excluding hydrogens is 392 g/mol. The first kappa shape index (κ1) is 24.3. The second kappa shape index (κ2) is 12.0. The summed E-state index contributed by atoms with van der Waals surface area (Å²) >= 11 is 0. The van der Waals surface area contributed by atoms with E-state index in [-0.39, 0.29) is 24.5 Å². The maximum absolute atomic E-state index is 13.2. The van der Waals surface area contributed by atoms with Crippen molar-refractivity contribution >= 4 is 11.8 Å². The van der Waals surface area contributed by atoms with E-state index in [9.17, 15) is 9.59 Å². The Morgan fingerprint density at radius 3 is 2.23 bits per heavy atom. The Morgan fingerprint density at radius 2 is 1.65 bits per heavy atom. The molecule has 0 heterocycles. The van der Waals surface area contributed by atoms with E-state index in [2.05, 4.69) is 5.32 Å².